The molecule has 0 aliphatic heterocycles. The Bertz CT molecular complexity index is 1410. The number of aromatic nitrogens is 4. The third-order valence-electron chi connectivity index (χ3n) is 6.43. The predicted octanol–water partition coefficient (Wildman–Crippen LogP) is 3.49. The number of rotatable bonds is 7. The molecule has 10 nitrogen and oxygen atoms in total. The molecule has 0 saturated heterocycles. The zero-order valence-electron chi connectivity index (χ0n) is 20.1. The lowest BCUT2D eigenvalue weighted by molar-refractivity contribution is -0.126. The molecule has 2 aromatic heterocycles. The highest BCUT2D eigenvalue weighted by Crippen LogP contribution is 2.37. The van der Waals surface area contributed by atoms with E-state index in [9.17, 15) is 19.5 Å². The van der Waals surface area contributed by atoms with Crippen LogP contribution in [0.2, 0.25) is 10.0 Å². The molecule has 12 heteroatoms. The highest BCUT2D eigenvalue weighted by Gasteiger charge is 2.34. The minimum Gasteiger partial charge on any atom is -0.493 e. The predicted molar refractivity (Wildman–Crippen MR) is 138 cm³/mol. The van der Waals surface area contributed by atoms with Crippen molar-refractivity contribution in [3.8, 4) is 17.4 Å². The molecule has 2 amide bonds. The lowest BCUT2D eigenvalue weighted by Crippen LogP contribution is -2.36. The van der Waals surface area contributed by atoms with E-state index in [2.05, 4.69) is 25.3 Å². The van der Waals surface area contributed by atoms with Gasteiger partial charge in [-0.25, -0.2) is 9.97 Å². The Labute approximate surface area is 222 Å². The summed E-state index contributed by atoms with van der Waals surface area (Å²) in [5.41, 5.74) is 5.44. The number of nitrogens with zero attached hydrogens (tertiary/aromatic N) is 3. The number of nitrogens with two attached hydrogens (primary N) is 1. The summed E-state index contributed by atoms with van der Waals surface area (Å²) in [5, 5.41) is 14.0. The number of aromatic hydroxyl groups is 1. The minimum absolute atomic E-state index is 0.0257. The highest BCUT2D eigenvalue weighted by atomic mass is 35.5. The van der Waals surface area contributed by atoms with Gasteiger partial charge in [-0.15, -0.1) is 0 Å². The monoisotopic (exact) mass is 544 g/mol. The van der Waals surface area contributed by atoms with Gasteiger partial charge in [0, 0.05) is 24.1 Å². The van der Waals surface area contributed by atoms with Crippen molar-refractivity contribution < 1.29 is 14.7 Å². The van der Waals surface area contributed by atoms with Crippen LogP contribution in [0.25, 0.3) is 11.5 Å². The maximum Gasteiger partial charge on any atom is 0.268 e. The topological polar surface area (TPSA) is 164 Å². The number of carbonyl (C=O) groups is 2. The van der Waals surface area contributed by atoms with Crippen molar-refractivity contribution in [3.05, 3.63) is 67.3 Å². The van der Waals surface area contributed by atoms with Crippen LogP contribution in [0.5, 0.6) is 5.88 Å². The van der Waals surface area contributed by atoms with Gasteiger partial charge in [0.2, 0.25) is 11.8 Å². The van der Waals surface area contributed by atoms with Crippen molar-refractivity contribution in [1.82, 2.24) is 25.3 Å². The van der Waals surface area contributed by atoms with E-state index < -0.39 is 22.9 Å². The summed E-state index contributed by atoms with van der Waals surface area (Å²) >= 11 is 12.1. The smallest absolute Gasteiger partial charge is 0.268 e. The lowest BCUT2D eigenvalue weighted by Gasteiger charge is -2.30. The van der Waals surface area contributed by atoms with Crippen molar-refractivity contribution in [1.29, 1.82) is 0 Å². The van der Waals surface area contributed by atoms with E-state index in [4.69, 9.17) is 28.9 Å². The molecular formula is C25H26Cl2N6O4. The van der Waals surface area contributed by atoms with Crippen molar-refractivity contribution in [2.24, 2.45) is 11.7 Å². The molecule has 0 bridgehead atoms. The summed E-state index contributed by atoms with van der Waals surface area (Å²) in [4.78, 5) is 52.7. The summed E-state index contributed by atoms with van der Waals surface area (Å²) in [6.07, 6.45) is 3.78. The number of aryl methyl sites for hydroxylation is 1. The second-order valence-electron chi connectivity index (χ2n) is 8.90. The number of benzene rings is 1. The summed E-state index contributed by atoms with van der Waals surface area (Å²) in [7, 11) is 0. The average Bonchev–Trinajstić information content (AvgIpc) is 2.88. The molecule has 1 fully saturated rings. The van der Waals surface area contributed by atoms with Crippen molar-refractivity contribution in [2.45, 2.75) is 51.5 Å². The lowest BCUT2D eigenvalue weighted by atomic mass is 9.78. The van der Waals surface area contributed by atoms with Crippen molar-refractivity contribution in [2.75, 3.05) is 0 Å². The summed E-state index contributed by atoms with van der Waals surface area (Å²) < 4.78 is 0. The fourth-order valence-corrected chi connectivity index (χ4v) is 4.84. The average molecular weight is 545 g/mol. The molecule has 5 N–H and O–H groups in total. The van der Waals surface area contributed by atoms with E-state index in [0.717, 1.165) is 18.4 Å². The first-order chi connectivity index (χ1) is 17.7. The molecule has 1 saturated carbocycles. The number of amides is 2. The largest absolute Gasteiger partial charge is 0.493 e. The third-order valence-corrected chi connectivity index (χ3v) is 7.17. The maximum atomic E-state index is 13.2. The van der Waals surface area contributed by atoms with E-state index >= 15 is 0 Å². The van der Waals surface area contributed by atoms with Crippen LogP contribution >= 0.6 is 23.2 Å². The van der Waals surface area contributed by atoms with Gasteiger partial charge < -0.3 is 21.1 Å². The summed E-state index contributed by atoms with van der Waals surface area (Å²) in [6.45, 7) is 2.22. The Balaban J connectivity index is 1.63. The van der Waals surface area contributed by atoms with E-state index in [1.807, 2.05) is 6.92 Å². The van der Waals surface area contributed by atoms with E-state index in [1.54, 1.807) is 24.3 Å². The van der Waals surface area contributed by atoms with Gasteiger partial charge in [-0.05, 0) is 43.0 Å². The zero-order chi connectivity index (χ0) is 26.7. The van der Waals surface area contributed by atoms with Gasteiger partial charge in [0.05, 0.1) is 10.0 Å². The van der Waals surface area contributed by atoms with Crippen LogP contribution in [-0.4, -0.2) is 36.9 Å². The van der Waals surface area contributed by atoms with E-state index in [1.165, 1.54) is 0 Å². The second kappa shape index (κ2) is 11.3. The van der Waals surface area contributed by atoms with Crippen molar-refractivity contribution in [3.63, 3.8) is 0 Å². The number of hydrogen-bond donors (Lipinski definition) is 4. The second-order valence-corrected chi connectivity index (χ2v) is 9.71. The molecule has 1 aliphatic carbocycles. The molecule has 3 aromatic rings. The molecule has 4 rings (SSSR count). The van der Waals surface area contributed by atoms with Crippen LogP contribution in [0.1, 0.15) is 66.0 Å². The Kier molecular flexibility index (Phi) is 8.09. The number of H-pyrrole nitrogens is 1. The first kappa shape index (κ1) is 26.6. The number of carbonyl (C=O) groups excluding carboxylic acids is 2. The van der Waals surface area contributed by atoms with Crippen LogP contribution in [0.4, 0.5) is 0 Å². The third kappa shape index (κ3) is 5.91. The van der Waals surface area contributed by atoms with E-state index in [-0.39, 0.29) is 29.3 Å². The van der Waals surface area contributed by atoms with Crippen LogP contribution < -0.4 is 16.6 Å². The normalized spacial score (nSPS) is 17.4. The molecule has 2 heterocycles. The van der Waals surface area contributed by atoms with Gasteiger partial charge >= 0.3 is 0 Å². The Hall–Kier alpha value is -3.50. The van der Waals surface area contributed by atoms with Crippen molar-refractivity contribution >= 4 is 35.0 Å². The Morgan fingerprint density at radius 3 is 2.57 bits per heavy atom. The zero-order valence-corrected chi connectivity index (χ0v) is 21.6. The van der Waals surface area contributed by atoms with Gasteiger partial charge in [0.25, 0.3) is 11.5 Å². The number of nitrogens with one attached hydrogen (secondary N) is 2. The maximum absolute atomic E-state index is 13.2. The van der Waals surface area contributed by atoms with Gasteiger partial charge in [-0.3, -0.25) is 14.4 Å². The number of aromatic amines is 1. The first-order valence-corrected chi connectivity index (χ1v) is 12.7. The standard InChI is InChI=1S/C25H26Cl2N6O4/c1-2-13-10-18(22-32-24(36)19(20(28)34)25(37)33-22)31-21(30-13)14-5-3-4-6-15(14)23(35)29-11-12-7-8-16(26)17(27)9-12/h7-10,14-15H,2-6,11H2,1H3,(H2,28,34)(H,29,35)(H2,32,33,36,37)/t14-,15-/m0/s1. The summed E-state index contributed by atoms with van der Waals surface area (Å²) in [6, 6.07) is 6.86. The van der Waals surface area contributed by atoms with Crippen LogP contribution in [-0.2, 0) is 17.8 Å². The molecular weight excluding hydrogens is 519 g/mol. The number of primary amides is 1. The van der Waals surface area contributed by atoms with Crippen LogP contribution in [0, 0.1) is 5.92 Å². The van der Waals surface area contributed by atoms with Gasteiger partial charge in [0.1, 0.15) is 11.5 Å². The fraction of sp³-hybridized carbons (Fsp3) is 0.360. The molecule has 0 unspecified atom stereocenters. The molecule has 0 spiro atoms. The molecule has 37 heavy (non-hydrogen) atoms. The molecule has 2 atom stereocenters. The Morgan fingerprint density at radius 2 is 1.89 bits per heavy atom. The van der Waals surface area contributed by atoms with Crippen LogP contribution in [0.15, 0.2) is 29.1 Å². The minimum atomic E-state index is -1.09. The Morgan fingerprint density at radius 1 is 1.14 bits per heavy atom. The molecule has 1 aromatic carbocycles. The molecule has 194 valence electrons. The number of hydrogen-bond acceptors (Lipinski definition) is 7. The summed E-state index contributed by atoms with van der Waals surface area (Å²) in [5.74, 6) is -2.15. The highest BCUT2D eigenvalue weighted by molar-refractivity contribution is 6.42. The van der Waals surface area contributed by atoms with Gasteiger partial charge in [-0.1, -0.05) is 49.0 Å². The van der Waals surface area contributed by atoms with E-state index in [0.29, 0.717) is 47.4 Å². The quantitative estimate of drug-likeness (QED) is 0.353. The van der Waals surface area contributed by atoms with Gasteiger partial charge in [0.15, 0.2) is 11.4 Å². The number of halogens is 2. The van der Waals surface area contributed by atoms with Crippen LogP contribution in [0.3, 0.4) is 0 Å². The SMILES string of the molecule is CCc1cc(-c2nc(O)c(C(N)=O)c(=O)[nH]2)nc([C@H]2CCCC[C@@H]2C(=O)NCc2ccc(Cl)c(Cl)c2)n1. The fourth-order valence-electron chi connectivity index (χ4n) is 4.51. The van der Waals surface area contributed by atoms with Gasteiger partial charge in [-0.2, -0.15) is 4.98 Å². The molecule has 1 aliphatic rings. The molecule has 0 radical (unpaired) electrons. The first-order valence-electron chi connectivity index (χ1n) is 11.9.